The largest absolute Gasteiger partial charge is 0.481 e. The van der Waals surface area contributed by atoms with E-state index in [1.165, 1.54) is 0 Å². The normalized spacial score (nSPS) is 26.4. The average Bonchev–Trinajstić information content (AvgIpc) is 2.36. The van der Waals surface area contributed by atoms with Gasteiger partial charge in [-0.1, -0.05) is 12.8 Å². The van der Waals surface area contributed by atoms with Gasteiger partial charge in [0, 0.05) is 28.9 Å². The van der Waals surface area contributed by atoms with Gasteiger partial charge in [0.1, 0.15) is 0 Å². The number of carbonyl (C=O) groups excluding carboxylic acids is 1. The number of carboxylic acid groups (broad SMARTS) is 1. The molecule has 6 heteroatoms. The van der Waals surface area contributed by atoms with E-state index in [0.29, 0.717) is 25.0 Å². The van der Waals surface area contributed by atoms with Crippen molar-refractivity contribution in [1.82, 2.24) is 5.32 Å². The summed E-state index contributed by atoms with van der Waals surface area (Å²) in [7, 11) is -0.865. The van der Waals surface area contributed by atoms with Gasteiger partial charge in [-0.2, -0.15) is 0 Å². The van der Waals surface area contributed by atoms with Crippen LogP contribution >= 0.6 is 0 Å². The zero-order valence-corrected chi connectivity index (χ0v) is 12.4. The molecule has 0 aromatic carbocycles. The van der Waals surface area contributed by atoms with Crippen LogP contribution in [0.25, 0.3) is 0 Å². The lowest BCUT2D eigenvalue weighted by Crippen LogP contribution is -2.43. The lowest BCUT2D eigenvalue weighted by molar-refractivity contribution is -0.149. The Labute approximate surface area is 116 Å². The van der Waals surface area contributed by atoms with Gasteiger partial charge in [0.2, 0.25) is 5.91 Å². The maximum absolute atomic E-state index is 12.1. The molecular weight excluding hydrogens is 266 g/mol. The molecule has 1 fully saturated rings. The topological polar surface area (TPSA) is 83.5 Å². The van der Waals surface area contributed by atoms with Crippen LogP contribution in [0.3, 0.4) is 0 Å². The Balaban J connectivity index is 2.50. The van der Waals surface area contributed by atoms with Gasteiger partial charge in [0.05, 0.1) is 11.8 Å². The van der Waals surface area contributed by atoms with E-state index in [-0.39, 0.29) is 11.9 Å². The molecule has 4 atom stereocenters. The molecular formula is C13H23NO4S. The molecule has 1 aliphatic carbocycles. The van der Waals surface area contributed by atoms with Crippen molar-refractivity contribution < 1.29 is 18.9 Å². The van der Waals surface area contributed by atoms with E-state index in [1.807, 2.05) is 6.92 Å². The van der Waals surface area contributed by atoms with Crippen LogP contribution in [-0.2, 0) is 20.4 Å². The van der Waals surface area contributed by atoms with Crippen molar-refractivity contribution in [3.05, 3.63) is 0 Å². The van der Waals surface area contributed by atoms with Crippen LogP contribution in [0.2, 0.25) is 0 Å². The first kappa shape index (κ1) is 16.1. The van der Waals surface area contributed by atoms with Gasteiger partial charge in [-0.05, 0) is 26.2 Å². The molecule has 0 saturated heterocycles. The molecule has 110 valence electrons. The van der Waals surface area contributed by atoms with E-state index in [9.17, 15) is 13.8 Å². The fourth-order valence-corrected chi connectivity index (χ4v) is 3.19. The highest BCUT2D eigenvalue weighted by molar-refractivity contribution is 7.84. The molecule has 19 heavy (non-hydrogen) atoms. The number of hydrogen-bond acceptors (Lipinski definition) is 3. The summed E-state index contributed by atoms with van der Waals surface area (Å²) in [5.74, 6) is -1.46. The minimum atomic E-state index is -0.873. The van der Waals surface area contributed by atoms with E-state index >= 15 is 0 Å². The predicted octanol–water partition coefficient (Wildman–Crippen LogP) is 1.15. The number of nitrogens with one attached hydrogen (secondary N) is 1. The smallest absolute Gasteiger partial charge is 0.307 e. The maximum Gasteiger partial charge on any atom is 0.307 e. The summed E-state index contributed by atoms with van der Waals surface area (Å²) in [4.78, 5) is 23.3. The zero-order valence-electron chi connectivity index (χ0n) is 11.6. The highest BCUT2D eigenvalue weighted by Crippen LogP contribution is 2.30. The Hall–Kier alpha value is -0.910. The summed E-state index contributed by atoms with van der Waals surface area (Å²) in [5.41, 5.74) is 0. The van der Waals surface area contributed by atoms with Gasteiger partial charge in [-0.3, -0.25) is 13.8 Å². The summed E-state index contributed by atoms with van der Waals surface area (Å²) >= 11 is 0. The van der Waals surface area contributed by atoms with Gasteiger partial charge in [0.15, 0.2) is 0 Å². The first-order valence-electron chi connectivity index (χ1n) is 6.75. The van der Waals surface area contributed by atoms with Crippen molar-refractivity contribution in [2.24, 2.45) is 11.8 Å². The lowest BCUT2D eigenvalue weighted by Gasteiger charge is -2.28. The predicted molar refractivity (Wildman–Crippen MR) is 74.2 cm³/mol. The Morgan fingerprint density at radius 3 is 2.42 bits per heavy atom. The standard InChI is InChI=1S/C13H23NO4S/c1-9(7-8-19(2)18)14-12(15)10-5-3-4-6-11(10)13(16)17/h9-11H,3-8H2,1-2H3,(H,14,15)(H,16,17)/t9?,10-,11+,19?/m1/s1. The van der Waals surface area contributed by atoms with Crippen LogP contribution in [0, 0.1) is 11.8 Å². The first-order valence-corrected chi connectivity index (χ1v) is 8.47. The SMILES string of the molecule is CC(CCS(C)=O)NC(=O)[C@@H]1CCCC[C@@H]1C(=O)O. The van der Waals surface area contributed by atoms with Crippen molar-refractivity contribution in [1.29, 1.82) is 0 Å². The molecule has 1 rings (SSSR count). The quantitative estimate of drug-likeness (QED) is 0.768. The zero-order chi connectivity index (χ0) is 14.4. The van der Waals surface area contributed by atoms with Gasteiger partial charge in [0.25, 0.3) is 0 Å². The summed E-state index contributed by atoms with van der Waals surface area (Å²) in [6, 6.07) is -0.0622. The van der Waals surface area contributed by atoms with Crippen molar-refractivity contribution >= 4 is 22.7 Å². The minimum absolute atomic E-state index is 0.0622. The first-order chi connectivity index (χ1) is 8.91. The number of amides is 1. The van der Waals surface area contributed by atoms with E-state index in [2.05, 4.69) is 5.32 Å². The van der Waals surface area contributed by atoms with Gasteiger partial charge < -0.3 is 10.4 Å². The van der Waals surface area contributed by atoms with Crippen LogP contribution in [0.4, 0.5) is 0 Å². The molecule has 1 aliphatic rings. The Bertz CT molecular complexity index is 359. The third-order valence-corrected chi connectivity index (χ3v) is 4.46. The molecule has 0 aliphatic heterocycles. The van der Waals surface area contributed by atoms with E-state index in [4.69, 9.17) is 5.11 Å². The molecule has 0 bridgehead atoms. The molecule has 1 amide bonds. The van der Waals surface area contributed by atoms with Crippen molar-refractivity contribution in [2.75, 3.05) is 12.0 Å². The second-order valence-electron chi connectivity index (χ2n) is 5.31. The molecule has 2 N–H and O–H groups in total. The highest BCUT2D eigenvalue weighted by Gasteiger charge is 2.35. The molecule has 2 unspecified atom stereocenters. The summed E-state index contributed by atoms with van der Waals surface area (Å²) in [6.07, 6.45) is 5.31. The van der Waals surface area contributed by atoms with Crippen molar-refractivity contribution in [2.45, 2.75) is 45.1 Å². The van der Waals surface area contributed by atoms with Crippen LogP contribution in [0.15, 0.2) is 0 Å². The average molecular weight is 289 g/mol. The molecule has 1 saturated carbocycles. The molecule has 5 nitrogen and oxygen atoms in total. The second-order valence-corrected chi connectivity index (χ2v) is 6.87. The molecule has 0 aromatic rings. The molecule has 0 heterocycles. The number of carbonyl (C=O) groups is 2. The highest BCUT2D eigenvalue weighted by atomic mass is 32.2. The van der Waals surface area contributed by atoms with Crippen molar-refractivity contribution in [3.8, 4) is 0 Å². The minimum Gasteiger partial charge on any atom is -0.481 e. The summed E-state index contributed by atoms with van der Waals surface area (Å²) < 4.78 is 11.0. The monoisotopic (exact) mass is 289 g/mol. The number of rotatable bonds is 6. The fourth-order valence-electron chi connectivity index (χ4n) is 2.51. The second kappa shape index (κ2) is 7.62. The number of aliphatic carboxylic acids is 1. The van der Waals surface area contributed by atoms with Crippen LogP contribution in [0.1, 0.15) is 39.0 Å². The molecule has 0 spiro atoms. The van der Waals surface area contributed by atoms with E-state index in [0.717, 1.165) is 12.8 Å². The van der Waals surface area contributed by atoms with Gasteiger partial charge >= 0.3 is 5.97 Å². The van der Waals surface area contributed by atoms with E-state index in [1.54, 1.807) is 6.26 Å². The fraction of sp³-hybridized carbons (Fsp3) is 0.846. The van der Waals surface area contributed by atoms with Crippen molar-refractivity contribution in [3.63, 3.8) is 0 Å². The number of hydrogen-bond donors (Lipinski definition) is 2. The maximum atomic E-state index is 12.1. The Kier molecular flexibility index (Phi) is 6.48. The molecule has 0 radical (unpaired) electrons. The summed E-state index contributed by atoms with van der Waals surface area (Å²) in [5, 5.41) is 12.0. The van der Waals surface area contributed by atoms with Gasteiger partial charge in [-0.15, -0.1) is 0 Å². The number of carboxylic acids is 1. The lowest BCUT2D eigenvalue weighted by atomic mass is 9.78. The van der Waals surface area contributed by atoms with Crippen LogP contribution in [-0.4, -0.2) is 39.2 Å². The Morgan fingerprint density at radius 1 is 1.32 bits per heavy atom. The molecule has 0 aromatic heterocycles. The van der Waals surface area contributed by atoms with Crippen LogP contribution in [0.5, 0.6) is 0 Å². The van der Waals surface area contributed by atoms with E-state index < -0.39 is 28.6 Å². The third-order valence-electron chi connectivity index (χ3n) is 3.65. The van der Waals surface area contributed by atoms with Crippen LogP contribution < -0.4 is 5.32 Å². The third kappa shape index (κ3) is 5.30. The summed E-state index contributed by atoms with van der Waals surface area (Å²) in [6.45, 7) is 1.86. The Morgan fingerprint density at radius 2 is 1.89 bits per heavy atom. The van der Waals surface area contributed by atoms with Gasteiger partial charge in [-0.25, -0.2) is 0 Å².